The first-order valence-corrected chi connectivity index (χ1v) is 9.02. The number of hydrogen-bond acceptors (Lipinski definition) is 4. The lowest BCUT2D eigenvalue weighted by Gasteiger charge is -2.28. The second-order valence-corrected chi connectivity index (χ2v) is 8.85. The molecule has 0 radical (unpaired) electrons. The van der Waals surface area contributed by atoms with Crippen molar-refractivity contribution in [3.63, 3.8) is 0 Å². The number of carbonyl (C=O) groups is 1. The van der Waals surface area contributed by atoms with E-state index in [0.717, 1.165) is 11.1 Å². The molecule has 0 aromatic heterocycles. The van der Waals surface area contributed by atoms with Crippen molar-refractivity contribution in [1.29, 1.82) is 0 Å². The standard InChI is InChI=1S/C14H22O4Si.4CH4/c1-11-7-9-12(10-8-11)14(2,3)17-13(15)18-19(5,6)16-4;;;;/h7-10H,1-6H3;4*1H4. The lowest BCUT2D eigenvalue weighted by molar-refractivity contribution is -0.000121. The SMILES string of the molecule is C.C.C.C.CO[Si](C)(C)OC(=O)OC(C)(C)c1ccc(C)cc1. The molecule has 0 unspecified atom stereocenters. The zero-order valence-corrected chi connectivity index (χ0v) is 13.4. The molecule has 0 saturated carbocycles. The van der Waals surface area contributed by atoms with Crippen molar-refractivity contribution in [2.24, 2.45) is 0 Å². The van der Waals surface area contributed by atoms with Crippen LogP contribution in [0, 0.1) is 6.92 Å². The molecule has 23 heavy (non-hydrogen) atoms. The summed E-state index contributed by atoms with van der Waals surface area (Å²) < 4.78 is 15.8. The quantitative estimate of drug-likeness (QED) is 0.475. The van der Waals surface area contributed by atoms with E-state index in [9.17, 15) is 4.79 Å². The summed E-state index contributed by atoms with van der Waals surface area (Å²) in [5, 5.41) is 0. The Hall–Kier alpha value is -1.33. The van der Waals surface area contributed by atoms with E-state index in [1.54, 1.807) is 13.1 Å². The third-order valence-corrected chi connectivity index (χ3v) is 4.55. The summed E-state index contributed by atoms with van der Waals surface area (Å²) in [6, 6.07) is 7.86. The monoisotopic (exact) mass is 346 g/mol. The summed E-state index contributed by atoms with van der Waals surface area (Å²) in [7, 11) is -0.892. The molecule has 0 amide bonds. The van der Waals surface area contributed by atoms with Crippen LogP contribution in [0.5, 0.6) is 0 Å². The van der Waals surface area contributed by atoms with Gasteiger partial charge in [0, 0.05) is 7.11 Å². The molecule has 138 valence electrons. The van der Waals surface area contributed by atoms with Gasteiger partial charge in [-0.2, -0.15) is 0 Å². The average Bonchev–Trinajstić information content (AvgIpc) is 2.28. The third-order valence-electron chi connectivity index (χ3n) is 2.91. The van der Waals surface area contributed by atoms with Crippen molar-refractivity contribution in [3.05, 3.63) is 35.4 Å². The van der Waals surface area contributed by atoms with E-state index in [2.05, 4.69) is 0 Å². The first-order chi connectivity index (χ1) is 8.66. The second-order valence-electron chi connectivity index (χ2n) is 5.43. The van der Waals surface area contributed by atoms with Crippen LogP contribution < -0.4 is 0 Å². The minimum atomic E-state index is -2.42. The van der Waals surface area contributed by atoms with Gasteiger partial charge in [-0.3, -0.25) is 0 Å². The number of aryl methyl sites for hydroxylation is 1. The van der Waals surface area contributed by atoms with Gasteiger partial charge >= 0.3 is 14.7 Å². The van der Waals surface area contributed by atoms with Crippen LogP contribution in [0.25, 0.3) is 0 Å². The summed E-state index contributed by atoms with van der Waals surface area (Å²) in [4.78, 5) is 11.8. The lowest BCUT2D eigenvalue weighted by Crippen LogP contribution is -2.38. The Morgan fingerprint density at radius 2 is 1.43 bits per heavy atom. The van der Waals surface area contributed by atoms with Crippen LogP contribution >= 0.6 is 0 Å². The first-order valence-electron chi connectivity index (χ1n) is 6.20. The third kappa shape index (κ3) is 9.41. The first kappa shape index (κ1) is 29.7. The summed E-state index contributed by atoms with van der Waals surface area (Å²) in [5.41, 5.74) is 1.35. The number of hydrogen-bond donors (Lipinski definition) is 0. The van der Waals surface area contributed by atoms with Gasteiger partial charge in [-0.1, -0.05) is 59.5 Å². The fourth-order valence-electron chi connectivity index (χ4n) is 1.49. The highest BCUT2D eigenvalue weighted by Crippen LogP contribution is 2.26. The molecule has 0 heterocycles. The van der Waals surface area contributed by atoms with Crippen molar-refractivity contribution < 1.29 is 18.4 Å². The molecule has 0 spiro atoms. The van der Waals surface area contributed by atoms with Gasteiger partial charge in [0.15, 0.2) is 0 Å². The maximum atomic E-state index is 11.8. The van der Waals surface area contributed by atoms with Gasteiger partial charge < -0.3 is 13.6 Å². The molecule has 0 aliphatic heterocycles. The van der Waals surface area contributed by atoms with Gasteiger partial charge in [0.1, 0.15) is 5.60 Å². The van der Waals surface area contributed by atoms with E-state index in [4.69, 9.17) is 13.6 Å². The molecule has 0 aliphatic carbocycles. The molecule has 0 atom stereocenters. The van der Waals surface area contributed by atoms with E-state index in [1.807, 2.05) is 45.0 Å². The van der Waals surface area contributed by atoms with Gasteiger partial charge in [0.25, 0.3) is 0 Å². The number of carbonyl (C=O) groups excluding carboxylic acids is 1. The van der Waals surface area contributed by atoms with Gasteiger partial charge in [0.05, 0.1) is 0 Å². The molecular formula is C18H38O4Si. The molecule has 0 fully saturated rings. The minimum Gasteiger partial charge on any atom is -0.463 e. The topological polar surface area (TPSA) is 44.8 Å². The molecule has 0 saturated heterocycles. The van der Waals surface area contributed by atoms with Crippen LogP contribution in [-0.2, 0) is 19.2 Å². The van der Waals surface area contributed by atoms with Crippen LogP contribution in [0.3, 0.4) is 0 Å². The smallest absolute Gasteiger partial charge is 0.463 e. The van der Waals surface area contributed by atoms with E-state index >= 15 is 0 Å². The lowest BCUT2D eigenvalue weighted by atomic mass is 9.97. The summed E-state index contributed by atoms with van der Waals surface area (Å²) in [6.45, 7) is 9.25. The second kappa shape index (κ2) is 11.2. The van der Waals surface area contributed by atoms with Crippen molar-refractivity contribution in [2.45, 2.75) is 69.2 Å². The highest BCUT2D eigenvalue weighted by atomic mass is 28.4. The summed E-state index contributed by atoms with van der Waals surface area (Å²) >= 11 is 0. The predicted molar refractivity (Wildman–Crippen MR) is 103 cm³/mol. The molecular weight excluding hydrogens is 308 g/mol. The van der Waals surface area contributed by atoms with Crippen LogP contribution in [0.4, 0.5) is 4.79 Å². The van der Waals surface area contributed by atoms with Crippen LogP contribution in [0.15, 0.2) is 24.3 Å². The Bertz CT molecular complexity index is 439. The molecule has 1 aromatic carbocycles. The van der Waals surface area contributed by atoms with Crippen molar-refractivity contribution in [1.82, 2.24) is 0 Å². The van der Waals surface area contributed by atoms with Crippen molar-refractivity contribution in [2.75, 3.05) is 7.11 Å². The zero-order chi connectivity index (χ0) is 14.7. The fourth-order valence-corrected chi connectivity index (χ4v) is 2.01. The Morgan fingerprint density at radius 1 is 1.00 bits per heavy atom. The Balaban J connectivity index is -0.000000451. The number of benzene rings is 1. The summed E-state index contributed by atoms with van der Waals surface area (Å²) in [6.07, 6.45) is -0.691. The van der Waals surface area contributed by atoms with Crippen molar-refractivity contribution >= 4 is 14.7 Å². The van der Waals surface area contributed by atoms with Crippen molar-refractivity contribution in [3.8, 4) is 0 Å². The molecule has 1 aromatic rings. The van der Waals surface area contributed by atoms with E-state index < -0.39 is 20.3 Å². The maximum Gasteiger partial charge on any atom is 0.496 e. The van der Waals surface area contributed by atoms with Crippen LogP contribution in [-0.4, -0.2) is 21.8 Å². The maximum absolute atomic E-state index is 11.8. The van der Waals surface area contributed by atoms with Gasteiger partial charge in [-0.05, 0) is 39.4 Å². The largest absolute Gasteiger partial charge is 0.496 e. The minimum absolute atomic E-state index is 0. The normalized spacial score (nSPS) is 10.0. The Kier molecular flexibility index (Phi) is 14.5. The van der Waals surface area contributed by atoms with Gasteiger partial charge in [-0.15, -0.1) is 0 Å². The highest BCUT2D eigenvalue weighted by Gasteiger charge is 2.32. The summed E-state index contributed by atoms with van der Waals surface area (Å²) in [5.74, 6) is 0. The number of ether oxygens (including phenoxy) is 1. The van der Waals surface area contributed by atoms with Gasteiger partial charge in [-0.25, -0.2) is 4.79 Å². The number of rotatable bonds is 4. The molecule has 1 rings (SSSR count). The van der Waals surface area contributed by atoms with Crippen LogP contribution in [0.2, 0.25) is 13.1 Å². The van der Waals surface area contributed by atoms with Gasteiger partial charge in [0.2, 0.25) is 0 Å². The molecule has 0 N–H and O–H groups in total. The van der Waals surface area contributed by atoms with E-state index in [-0.39, 0.29) is 29.7 Å². The molecule has 4 nitrogen and oxygen atoms in total. The molecule has 0 aliphatic rings. The Labute approximate surface area is 145 Å². The average molecular weight is 347 g/mol. The zero-order valence-electron chi connectivity index (χ0n) is 12.4. The fraction of sp³-hybridized carbons (Fsp3) is 0.611. The highest BCUT2D eigenvalue weighted by molar-refractivity contribution is 6.66. The van der Waals surface area contributed by atoms with Crippen LogP contribution in [0.1, 0.15) is 54.7 Å². The predicted octanol–water partition coefficient (Wildman–Crippen LogP) is 6.28. The molecule has 5 heteroatoms. The van der Waals surface area contributed by atoms with E-state index in [1.165, 1.54) is 7.11 Å². The van der Waals surface area contributed by atoms with E-state index in [0.29, 0.717) is 0 Å². The Morgan fingerprint density at radius 3 is 1.83 bits per heavy atom. The molecule has 0 bridgehead atoms.